The first-order chi connectivity index (χ1) is 8.69. The molecule has 0 aliphatic heterocycles. The van der Waals surface area contributed by atoms with Gasteiger partial charge in [-0.25, -0.2) is 0 Å². The van der Waals surface area contributed by atoms with Gasteiger partial charge in [0.2, 0.25) is 0 Å². The number of rotatable bonds is 4. The summed E-state index contributed by atoms with van der Waals surface area (Å²) in [7, 11) is 0. The van der Waals surface area contributed by atoms with Crippen molar-refractivity contribution < 1.29 is 4.79 Å². The molecule has 1 aromatic carbocycles. The Morgan fingerprint density at radius 1 is 1.32 bits per heavy atom. The van der Waals surface area contributed by atoms with Crippen LogP contribution in [0.2, 0.25) is 10.0 Å². The summed E-state index contributed by atoms with van der Waals surface area (Å²) >= 11 is 18.0. The molecule has 1 atom stereocenters. The van der Waals surface area contributed by atoms with Crippen molar-refractivity contribution in [3.63, 3.8) is 0 Å². The number of amides is 1. The van der Waals surface area contributed by atoms with E-state index in [0.29, 0.717) is 22.2 Å². The molecule has 0 saturated carbocycles. The average Bonchev–Trinajstić information content (AvgIpc) is 2.27. The molecule has 0 aliphatic rings. The van der Waals surface area contributed by atoms with Crippen molar-refractivity contribution in [3.05, 3.63) is 33.8 Å². The second-order valence-corrected chi connectivity index (χ2v) is 7.16. The number of alkyl halides is 1. The Balaban J connectivity index is 2.58. The number of benzene rings is 1. The standard InChI is InChI=1S/C14H18Cl3NO/c1-14(2,3)7-10(16)8-18-13(19)11-6-9(15)4-5-12(11)17/h4-6,10H,7-8H2,1-3H3,(H,18,19). The van der Waals surface area contributed by atoms with E-state index in [2.05, 4.69) is 26.1 Å². The molecule has 0 aliphatic carbocycles. The van der Waals surface area contributed by atoms with Gasteiger partial charge in [-0.15, -0.1) is 11.6 Å². The van der Waals surface area contributed by atoms with Gasteiger partial charge in [-0.2, -0.15) is 0 Å². The Labute approximate surface area is 129 Å². The van der Waals surface area contributed by atoms with Crippen molar-refractivity contribution in [2.75, 3.05) is 6.54 Å². The Morgan fingerprint density at radius 3 is 2.53 bits per heavy atom. The Hall–Kier alpha value is -0.440. The molecule has 0 bridgehead atoms. The van der Waals surface area contributed by atoms with Crippen LogP contribution >= 0.6 is 34.8 Å². The highest BCUT2D eigenvalue weighted by Crippen LogP contribution is 2.24. The molecule has 2 nitrogen and oxygen atoms in total. The van der Waals surface area contributed by atoms with Crippen LogP contribution in [0.1, 0.15) is 37.6 Å². The second-order valence-electron chi connectivity index (χ2n) is 5.70. The maximum absolute atomic E-state index is 12.0. The molecule has 1 N–H and O–H groups in total. The zero-order valence-corrected chi connectivity index (χ0v) is 13.5. The van der Waals surface area contributed by atoms with Crippen LogP contribution in [0, 0.1) is 5.41 Å². The normalized spacial score (nSPS) is 13.2. The molecule has 106 valence electrons. The van der Waals surface area contributed by atoms with Crippen molar-refractivity contribution in [2.24, 2.45) is 5.41 Å². The molecule has 0 heterocycles. The van der Waals surface area contributed by atoms with E-state index in [1.807, 2.05) is 0 Å². The third kappa shape index (κ3) is 6.03. The van der Waals surface area contributed by atoms with Crippen molar-refractivity contribution in [1.82, 2.24) is 5.32 Å². The van der Waals surface area contributed by atoms with Crippen LogP contribution in [-0.4, -0.2) is 17.8 Å². The monoisotopic (exact) mass is 321 g/mol. The first kappa shape index (κ1) is 16.6. The smallest absolute Gasteiger partial charge is 0.252 e. The molecule has 0 fully saturated rings. The van der Waals surface area contributed by atoms with Gasteiger partial charge in [0.15, 0.2) is 0 Å². The lowest BCUT2D eigenvalue weighted by atomic mass is 9.90. The highest BCUT2D eigenvalue weighted by atomic mass is 35.5. The summed E-state index contributed by atoms with van der Waals surface area (Å²) in [5.74, 6) is -0.257. The van der Waals surface area contributed by atoms with Crippen molar-refractivity contribution in [2.45, 2.75) is 32.6 Å². The third-order valence-electron chi connectivity index (χ3n) is 2.49. The van der Waals surface area contributed by atoms with E-state index >= 15 is 0 Å². The largest absolute Gasteiger partial charge is 0.351 e. The minimum Gasteiger partial charge on any atom is -0.351 e. The van der Waals surface area contributed by atoms with Crippen LogP contribution in [0.25, 0.3) is 0 Å². The number of hydrogen-bond acceptors (Lipinski definition) is 1. The number of halogens is 3. The fourth-order valence-electron chi connectivity index (χ4n) is 1.71. The summed E-state index contributed by atoms with van der Waals surface area (Å²) in [5.41, 5.74) is 0.499. The van der Waals surface area contributed by atoms with E-state index in [4.69, 9.17) is 34.8 Å². The fraction of sp³-hybridized carbons (Fsp3) is 0.500. The molecule has 19 heavy (non-hydrogen) atoms. The van der Waals surface area contributed by atoms with Crippen LogP contribution in [0.3, 0.4) is 0 Å². The van der Waals surface area contributed by atoms with Gasteiger partial charge in [-0.1, -0.05) is 44.0 Å². The Morgan fingerprint density at radius 2 is 1.95 bits per heavy atom. The molecule has 1 aromatic rings. The van der Waals surface area contributed by atoms with Crippen LogP contribution in [0.5, 0.6) is 0 Å². The molecule has 1 rings (SSSR count). The molecule has 0 spiro atoms. The summed E-state index contributed by atoms with van der Waals surface area (Å²) < 4.78 is 0. The topological polar surface area (TPSA) is 29.1 Å². The van der Waals surface area contributed by atoms with Crippen LogP contribution in [-0.2, 0) is 0 Å². The van der Waals surface area contributed by atoms with E-state index in [9.17, 15) is 4.79 Å². The van der Waals surface area contributed by atoms with Crippen molar-refractivity contribution in [1.29, 1.82) is 0 Å². The van der Waals surface area contributed by atoms with Gasteiger partial charge in [0, 0.05) is 11.6 Å². The highest BCUT2D eigenvalue weighted by Gasteiger charge is 2.18. The van der Waals surface area contributed by atoms with E-state index < -0.39 is 0 Å². The van der Waals surface area contributed by atoms with Crippen LogP contribution in [0.4, 0.5) is 0 Å². The van der Waals surface area contributed by atoms with Gasteiger partial charge in [0.1, 0.15) is 0 Å². The first-order valence-electron chi connectivity index (χ1n) is 6.06. The minimum absolute atomic E-state index is 0.109. The fourth-order valence-corrected chi connectivity index (χ4v) is 2.62. The van der Waals surface area contributed by atoms with Gasteiger partial charge < -0.3 is 5.32 Å². The predicted molar refractivity (Wildman–Crippen MR) is 82.5 cm³/mol. The summed E-state index contributed by atoms with van der Waals surface area (Å²) in [6.07, 6.45) is 0.818. The number of carbonyl (C=O) groups is 1. The molecule has 5 heteroatoms. The van der Waals surface area contributed by atoms with Crippen LogP contribution in [0.15, 0.2) is 18.2 Å². The molecule has 0 saturated heterocycles. The Bertz CT molecular complexity index is 454. The van der Waals surface area contributed by atoms with E-state index in [0.717, 1.165) is 6.42 Å². The zero-order chi connectivity index (χ0) is 14.6. The lowest BCUT2D eigenvalue weighted by Crippen LogP contribution is -2.31. The lowest BCUT2D eigenvalue weighted by molar-refractivity contribution is 0.0952. The average molecular weight is 323 g/mol. The van der Waals surface area contributed by atoms with Gasteiger partial charge in [-0.3, -0.25) is 4.79 Å². The SMILES string of the molecule is CC(C)(C)CC(Cl)CNC(=O)c1cc(Cl)ccc1Cl. The third-order valence-corrected chi connectivity index (χ3v) is 3.36. The van der Waals surface area contributed by atoms with Gasteiger partial charge in [-0.05, 0) is 30.0 Å². The predicted octanol–water partition coefficient (Wildman–Crippen LogP) is 4.77. The number of carbonyl (C=O) groups excluding carboxylic acids is 1. The molecular weight excluding hydrogens is 305 g/mol. The highest BCUT2D eigenvalue weighted by molar-refractivity contribution is 6.35. The van der Waals surface area contributed by atoms with Crippen molar-refractivity contribution in [3.8, 4) is 0 Å². The van der Waals surface area contributed by atoms with E-state index in [1.54, 1.807) is 18.2 Å². The summed E-state index contributed by atoms with van der Waals surface area (Å²) in [4.78, 5) is 12.0. The molecule has 0 aromatic heterocycles. The number of hydrogen-bond donors (Lipinski definition) is 1. The van der Waals surface area contributed by atoms with Crippen molar-refractivity contribution >= 4 is 40.7 Å². The van der Waals surface area contributed by atoms with Gasteiger partial charge in [0.05, 0.1) is 16.0 Å². The lowest BCUT2D eigenvalue weighted by Gasteiger charge is -2.22. The molecular formula is C14H18Cl3NO. The first-order valence-corrected chi connectivity index (χ1v) is 7.25. The second kappa shape index (κ2) is 6.83. The maximum Gasteiger partial charge on any atom is 0.252 e. The van der Waals surface area contributed by atoms with E-state index in [-0.39, 0.29) is 16.7 Å². The molecule has 0 radical (unpaired) electrons. The van der Waals surface area contributed by atoms with Gasteiger partial charge in [0.25, 0.3) is 5.91 Å². The molecule has 1 unspecified atom stereocenters. The quantitative estimate of drug-likeness (QED) is 0.795. The Kier molecular flexibility index (Phi) is 5.97. The van der Waals surface area contributed by atoms with Crippen LogP contribution < -0.4 is 5.32 Å². The van der Waals surface area contributed by atoms with Gasteiger partial charge >= 0.3 is 0 Å². The minimum atomic E-state index is -0.257. The van der Waals surface area contributed by atoms with E-state index in [1.165, 1.54) is 0 Å². The molecule has 1 amide bonds. The summed E-state index contributed by atoms with van der Waals surface area (Å²) in [6, 6.07) is 4.79. The maximum atomic E-state index is 12.0. The number of nitrogens with one attached hydrogen (secondary N) is 1. The summed E-state index contributed by atoms with van der Waals surface area (Å²) in [5, 5.41) is 3.52. The summed E-state index contributed by atoms with van der Waals surface area (Å²) in [6.45, 7) is 6.73. The zero-order valence-electron chi connectivity index (χ0n) is 11.3.